The fraction of sp³-hybridized carbons (Fsp3) is 0.316. The minimum atomic E-state index is -0.142. The number of carbonyl (C=O) groups excluding carboxylic acids is 1. The molecule has 1 heterocycles. The molecule has 1 fully saturated rings. The highest BCUT2D eigenvalue weighted by atomic mass is 35.5. The minimum Gasteiger partial charge on any atom is -0.495 e. The molecule has 0 aromatic heterocycles. The Labute approximate surface area is 152 Å². The van der Waals surface area contributed by atoms with Gasteiger partial charge in [-0.05, 0) is 43.2 Å². The van der Waals surface area contributed by atoms with Crippen molar-refractivity contribution in [3.8, 4) is 5.75 Å². The average Bonchev–Trinajstić information content (AvgIpc) is 3.15. The Morgan fingerprint density at radius 1 is 1.16 bits per heavy atom. The summed E-state index contributed by atoms with van der Waals surface area (Å²) >= 11 is 6.13. The van der Waals surface area contributed by atoms with Crippen molar-refractivity contribution in [1.82, 2.24) is 0 Å². The minimum absolute atomic E-state index is 0.142. The van der Waals surface area contributed by atoms with Gasteiger partial charge in [0.25, 0.3) is 0 Å². The molecule has 3 rings (SSSR count). The zero-order chi connectivity index (χ0) is 17.6. The predicted molar refractivity (Wildman–Crippen MR) is 103 cm³/mol. The fourth-order valence-corrected chi connectivity index (χ4v) is 3.17. The van der Waals surface area contributed by atoms with E-state index < -0.39 is 0 Å². The van der Waals surface area contributed by atoms with E-state index in [9.17, 15) is 4.79 Å². The van der Waals surface area contributed by atoms with Gasteiger partial charge in [0, 0.05) is 18.1 Å². The van der Waals surface area contributed by atoms with Crippen LogP contribution in [0.1, 0.15) is 12.8 Å². The SMILES string of the molecule is COc1ccccc1NC(=O)CNc1cc(Cl)ccc1N1CCCC1. The molecule has 1 aliphatic heterocycles. The zero-order valence-corrected chi connectivity index (χ0v) is 15.0. The normalized spacial score (nSPS) is 13.6. The molecule has 25 heavy (non-hydrogen) atoms. The molecule has 0 atom stereocenters. The van der Waals surface area contributed by atoms with E-state index in [1.807, 2.05) is 42.5 Å². The van der Waals surface area contributed by atoms with E-state index in [0.717, 1.165) is 24.5 Å². The van der Waals surface area contributed by atoms with E-state index in [1.165, 1.54) is 12.8 Å². The Hall–Kier alpha value is -2.40. The van der Waals surface area contributed by atoms with Gasteiger partial charge >= 0.3 is 0 Å². The summed E-state index contributed by atoms with van der Waals surface area (Å²) in [6.07, 6.45) is 2.38. The van der Waals surface area contributed by atoms with Crippen LogP contribution in [0.3, 0.4) is 0 Å². The Morgan fingerprint density at radius 3 is 2.68 bits per heavy atom. The van der Waals surface area contributed by atoms with Gasteiger partial charge in [0.05, 0.1) is 30.7 Å². The van der Waals surface area contributed by atoms with Gasteiger partial charge in [0.2, 0.25) is 5.91 Å². The molecule has 1 amide bonds. The number of benzene rings is 2. The lowest BCUT2D eigenvalue weighted by atomic mass is 10.2. The first-order valence-electron chi connectivity index (χ1n) is 8.38. The summed E-state index contributed by atoms with van der Waals surface area (Å²) in [5.41, 5.74) is 2.62. The number of hydrogen-bond acceptors (Lipinski definition) is 4. The zero-order valence-electron chi connectivity index (χ0n) is 14.2. The third-order valence-electron chi connectivity index (χ3n) is 4.23. The molecule has 132 valence electrons. The van der Waals surface area contributed by atoms with Crippen molar-refractivity contribution in [2.24, 2.45) is 0 Å². The summed E-state index contributed by atoms with van der Waals surface area (Å²) in [4.78, 5) is 14.6. The number of nitrogens with zero attached hydrogens (tertiary/aromatic N) is 1. The molecule has 0 bridgehead atoms. The van der Waals surface area contributed by atoms with Crippen LogP contribution < -0.4 is 20.3 Å². The van der Waals surface area contributed by atoms with Crippen LogP contribution in [0.5, 0.6) is 5.75 Å². The summed E-state index contributed by atoms with van der Waals surface area (Å²) in [7, 11) is 1.58. The number of methoxy groups -OCH3 is 1. The maximum Gasteiger partial charge on any atom is 0.243 e. The lowest BCUT2D eigenvalue weighted by Gasteiger charge is -2.22. The lowest BCUT2D eigenvalue weighted by molar-refractivity contribution is -0.114. The van der Waals surface area contributed by atoms with Gasteiger partial charge in [-0.2, -0.15) is 0 Å². The van der Waals surface area contributed by atoms with Crippen LogP contribution in [0.2, 0.25) is 5.02 Å². The van der Waals surface area contributed by atoms with Crippen molar-refractivity contribution in [3.63, 3.8) is 0 Å². The van der Waals surface area contributed by atoms with Gasteiger partial charge in [-0.3, -0.25) is 4.79 Å². The van der Waals surface area contributed by atoms with E-state index in [2.05, 4.69) is 15.5 Å². The Kier molecular flexibility index (Phi) is 5.66. The Morgan fingerprint density at radius 2 is 1.92 bits per heavy atom. The molecule has 2 aromatic rings. The van der Waals surface area contributed by atoms with E-state index in [4.69, 9.17) is 16.3 Å². The van der Waals surface area contributed by atoms with Gasteiger partial charge in [0.1, 0.15) is 5.75 Å². The van der Waals surface area contributed by atoms with Crippen LogP contribution in [0.25, 0.3) is 0 Å². The number of halogens is 1. The summed E-state index contributed by atoms with van der Waals surface area (Å²) in [6, 6.07) is 13.1. The number of para-hydroxylation sites is 2. The van der Waals surface area contributed by atoms with Crippen LogP contribution >= 0.6 is 11.6 Å². The van der Waals surface area contributed by atoms with Gasteiger partial charge in [-0.15, -0.1) is 0 Å². The highest BCUT2D eigenvalue weighted by Gasteiger charge is 2.16. The number of anilines is 3. The van der Waals surface area contributed by atoms with Crippen LogP contribution in [-0.2, 0) is 4.79 Å². The Bertz CT molecular complexity index is 745. The maximum atomic E-state index is 12.3. The topological polar surface area (TPSA) is 53.6 Å². The number of rotatable bonds is 6. The van der Waals surface area contributed by atoms with Crippen molar-refractivity contribution in [2.45, 2.75) is 12.8 Å². The number of ether oxygens (including phenoxy) is 1. The molecule has 0 saturated carbocycles. The first-order valence-corrected chi connectivity index (χ1v) is 8.76. The van der Waals surface area contributed by atoms with Gasteiger partial charge in [0.15, 0.2) is 0 Å². The first-order chi connectivity index (χ1) is 12.2. The number of nitrogens with one attached hydrogen (secondary N) is 2. The summed E-state index contributed by atoms with van der Waals surface area (Å²) < 4.78 is 5.25. The molecular formula is C19H22ClN3O2. The van der Waals surface area contributed by atoms with Crippen molar-refractivity contribution >= 4 is 34.6 Å². The molecular weight excluding hydrogens is 338 g/mol. The highest BCUT2D eigenvalue weighted by Crippen LogP contribution is 2.31. The molecule has 0 radical (unpaired) electrons. The monoisotopic (exact) mass is 359 g/mol. The second kappa shape index (κ2) is 8.12. The van der Waals surface area contributed by atoms with Gasteiger partial charge < -0.3 is 20.3 Å². The van der Waals surface area contributed by atoms with E-state index in [1.54, 1.807) is 7.11 Å². The standard InChI is InChI=1S/C19H22ClN3O2/c1-25-18-7-3-2-6-15(18)22-19(24)13-21-16-12-14(20)8-9-17(16)23-10-4-5-11-23/h2-3,6-9,12,21H,4-5,10-11,13H2,1H3,(H,22,24). The molecule has 5 nitrogen and oxygen atoms in total. The molecule has 0 spiro atoms. The molecule has 0 unspecified atom stereocenters. The van der Waals surface area contributed by atoms with Crippen molar-refractivity contribution in [2.75, 3.05) is 42.3 Å². The highest BCUT2D eigenvalue weighted by molar-refractivity contribution is 6.31. The molecule has 6 heteroatoms. The van der Waals surface area contributed by atoms with Crippen LogP contribution in [0.4, 0.5) is 17.1 Å². The van der Waals surface area contributed by atoms with Crippen molar-refractivity contribution < 1.29 is 9.53 Å². The average molecular weight is 360 g/mol. The number of amides is 1. The predicted octanol–water partition coefficient (Wildman–Crippen LogP) is 4.00. The maximum absolute atomic E-state index is 12.3. The molecule has 1 aliphatic rings. The third kappa shape index (κ3) is 4.37. The van der Waals surface area contributed by atoms with Gasteiger partial charge in [-0.25, -0.2) is 0 Å². The number of hydrogen-bond donors (Lipinski definition) is 2. The largest absolute Gasteiger partial charge is 0.495 e. The van der Waals surface area contributed by atoms with Crippen LogP contribution in [0, 0.1) is 0 Å². The lowest BCUT2D eigenvalue weighted by Crippen LogP contribution is -2.24. The summed E-state index contributed by atoms with van der Waals surface area (Å²) in [6.45, 7) is 2.21. The second-order valence-corrected chi connectivity index (χ2v) is 6.39. The third-order valence-corrected chi connectivity index (χ3v) is 4.46. The van der Waals surface area contributed by atoms with E-state index >= 15 is 0 Å². The van der Waals surface area contributed by atoms with E-state index in [0.29, 0.717) is 16.5 Å². The summed E-state index contributed by atoms with van der Waals surface area (Å²) in [5.74, 6) is 0.494. The first kappa shape index (κ1) is 17.4. The summed E-state index contributed by atoms with van der Waals surface area (Å²) in [5, 5.41) is 6.72. The molecule has 2 aromatic carbocycles. The molecule has 0 aliphatic carbocycles. The number of carbonyl (C=O) groups is 1. The van der Waals surface area contributed by atoms with Crippen molar-refractivity contribution in [3.05, 3.63) is 47.5 Å². The second-order valence-electron chi connectivity index (χ2n) is 5.96. The Balaban J connectivity index is 1.66. The van der Waals surface area contributed by atoms with E-state index in [-0.39, 0.29) is 12.5 Å². The van der Waals surface area contributed by atoms with Crippen LogP contribution in [0.15, 0.2) is 42.5 Å². The van der Waals surface area contributed by atoms with Gasteiger partial charge in [-0.1, -0.05) is 23.7 Å². The molecule has 2 N–H and O–H groups in total. The fourth-order valence-electron chi connectivity index (χ4n) is 3.00. The van der Waals surface area contributed by atoms with Crippen molar-refractivity contribution in [1.29, 1.82) is 0 Å². The van der Waals surface area contributed by atoms with Crippen LogP contribution in [-0.4, -0.2) is 32.7 Å². The quantitative estimate of drug-likeness (QED) is 0.818. The molecule has 1 saturated heterocycles. The smallest absolute Gasteiger partial charge is 0.243 e.